The molecule has 0 aliphatic heterocycles. The average molecular weight is 355 g/mol. The first-order chi connectivity index (χ1) is 12.3. The highest BCUT2D eigenvalue weighted by Crippen LogP contribution is 2.29. The van der Waals surface area contributed by atoms with Gasteiger partial charge in [-0.05, 0) is 44.1 Å². The van der Waals surface area contributed by atoms with E-state index in [9.17, 15) is 4.79 Å². The molecule has 2 rings (SSSR count). The molecular formula is C20H29N5O. The zero-order valence-electron chi connectivity index (χ0n) is 16.3. The van der Waals surface area contributed by atoms with Gasteiger partial charge in [-0.1, -0.05) is 39.0 Å². The lowest BCUT2D eigenvalue weighted by Crippen LogP contribution is -2.19. The van der Waals surface area contributed by atoms with Crippen molar-refractivity contribution in [1.82, 2.24) is 14.9 Å². The number of carbonyl (C=O) groups excluding carboxylic acids is 1. The number of rotatable bonds is 7. The van der Waals surface area contributed by atoms with Gasteiger partial charge in [-0.2, -0.15) is 0 Å². The molecule has 1 aromatic heterocycles. The Kier molecular flexibility index (Phi) is 6.69. The van der Waals surface area contributed by atoms with Crippen LogP contribution >= 0.6 is 0 Å². The zero-order chi connectivity index (χ0) is 19.2. The number of nitrogens with zero attached hydrogens (tertiary/aromatic N) is 3. The second-order valence-corrected chi connectivity index (χ2v) is 7.63. The number of hydrogen-bond donors (Lipinski definition) is 2. The van der Waals surface area contributed by atoms with E-state index in [1.54, 1.807) is 12.4 Å². The lowest BCUT2D eigenvalue weighted by atomic mass is 9.86. The van der Waals surface area contributed by atoms with Crippen molar-refractivity contribution in [1.29, 1.82) is 0 Å². The van der Waals surface area contributed by atoms with Gasteiger partial charge in [0.25, 0.3) is 5.91 Å². The van der Waals surface area contributed by atoms with Gasteiger partial charge < -0.3 is 15.5 Å². The van der Waals surface area contributed by atoms with E-state index in [1.165, 1.54) is 0 Å². The quantitative estimate of drug-likeness (QED) is 0.745. The predicted octanol–water partition coefficient (Wildman–Crippen LogP) is 3.39. The largest absolute Gasteiger partial charge is 0.354 e. The van der Waals surface area contributed by atoms with Crippen LogP contribution in [0.3, 0.4) is 0 Å². The van der Waals surface area contributed by atoms with E-state index < -0.39 is 0 Å². The van der Waals surface area contributed by atoms with E-state index in [1.807, 2.05) is 38.4 Å². The molecule has 1 amide bonds. The SMILES string of the molecule is CN(C)CCCNc1ncc(C(=O)Nc2ccccc2C(C)(C)C)cn1. The van der Waals surface area contributed by atoms with Crippen molar-refractivity contribution in [3.63, 3.8) is 0 Å². The van der Waals surface area contributed by atoms with Crippen LogP contribution in [0.2, 0.25) is 0 Å². The molecule has 0 bridgehead atoms. The summed E-state index contributed by atoms with van der Waals surface area (Å²) in [5.41, 5.74) is 2.29. The second kappa shape index (κ2) is 8.76. The molecule has 0 saturated carbocycles. The van der Waals surface area contributed by atoms with Crippen LogP contribution in [0.4, 0.5) is 11.6 Å². The van der Waals surface area contributed by atoms with Gasteiger partial charge >= 0.3 is 0 Å². The minimum Gasteiger partial charge on any atom is -0.354 e. The van der Waals surface area contributed by atoms with Crippen LogP contribution in [-0.4, -0.2) is 48.0 Å². The minimum atomic E-state index is -0.208. The third kappa shape index (κ3) is 5.81. The smallest absolute Gasteiger partial charge is 0.258 e. The normalized spacial score (nSPS) is 11.5. The third-order valence-electron chi connectivity index (χ3n) is 3.96. The number of para-hydroxylation sites is 1. The molecule has 0 spiro atoms. The summed E-state index contributed by atoms with van der Waals surface area (Å²) in [7, 11) is 4.09. The molecule has 0 unspecified atom stereocenters. The zero-order valence-corrected chi connectivity index (χ0v) is 16.3. The summed E-state index contributed by atoms with van der Waals surface area (Å²) >= 11 is 0. The monoisotopic (exact) mass is 355 g/mol. The fraction of sp³-hybridized carbons (Fsp3) is 0.450. The summed E-state index contributed by atoms with van der Waals surface area (Å²) in [6, 6.07) is 7.85. The van der Waals surface area contributed by atoms with Gasteiger partial charge in [-0.25, -0.2) is 9.97 Å². The molecule has 6 heteroatoms. The second-order valence-electron chi connectivity index (χ2n) is 7.63. The Morgan fingerprint density at radius 1 is 1.12 bits per heavy atom. The Morgan fingerprint density at radius 3 is 2.38 bits per heavy atom. The van der Waals surface area contributed by atoms with Crippen molar-refractivity contribution in [3.8, 4) is 0 Å². The van der Waals surface area contributed by atoms with E-state index in [0.29, 0.717) is 11.5 Å². The van der Waals surface area contributed by atoms with Gasteiger partial charge in [0.1, 0.15) is 0 Å². The van der Waals surface area contributed by atoms with Crippen LogP contribution in [0.1, 0.15) is 43.1 Å². The van der Waals surface area contributed by atoms with Crippen molar-refractivity contribution in [2.45, 2.75) is 32.6 Å². The molecule has 0 atom stereocenters. The molecular weight excluding hydrogens is 326 g/mol. The number of carbonyl (C=O) groups is 1. The lowest BCUT2D eigenvalue weighted by Gasteiger charge is -2.23. The molecule has 0 fully saturated rings. The Hall–Kier alpha value is -2.47. The number of aromatic nitrogens is 2. The van der Waals surface area contributed by atoms with E-state index in [4.69, 9.17) is 0 Å². The maximum Gasteiger partial charge on any atom is 0.258 e. The minimum absolute atomic E-state index is 0.0549. The van der Waals surface area contributed by atoms with Gasteiger partial charge in [-0.3, -0.25) is 4.79 Å². The first-order valence-corrected chi connectivity index (χ1v) is 8.89. The van der Waals surface area contributed by atoms with Gasteiger partial charge in [0.05, 0.1) is 5.56 Å². The number of hydrogen-bond acceptors (Lipinski definition) is 5. The molecule has 0 aliphatic rings. The summed E-state index contributed by atoms with van der Waals surface area (Å²) in [4.78, 5) is 23.1. The van der Waals surface area contributed by atoms with Crippen molar-refractivity contribution in [3.05, 3.63) is 47.8 Å². The molecule has 1 heterocycles. The molecule has 6 nitrogen and oxygen atoms in total. The number of benzene rings is 1. The number of amides is 1. The van der Waals surface area contributed by atoms with Gasteiger partial charge in [0, 0.05) is 24.6 Å². The van der Waals surface area contributed by atoms with Crippen molar-refractivity contribution in [2.24, 2.45) is 0 Å². The fourth-order valence-corrected chi connectivity index (χ4v) is 2.57. The van der Waals surface area contributed by atoms with Crippen LogP contribution in [0.15, 0.2) is 36.7 Å². The van der Waals surface area contributed by atoms with Gasteiger partial charge in [0.2, 0.25) is 5.95 Å². The van der Waals surface area contributed by atoms with Crippen molar-refractivity contribution >= 4 is 17.5 Å². The maximum atomic E-state index is 12.5. The highest BCUT2D eigenvalue weighted by atomic mass is 16.1. The molecule has 0 aliphatic carbocycles. The molecule has 2 aromatic rings. The summed E-state index contributed by atoms with van der Waals surface area (Å²) in [6.07, 6.45) is 4.11. The highest BCUT2D eigenvalue weighted by Gasteiger charge is 2.19. The van der Waals surface area contributed by atoms with Crippen LogP contribution in [-0.2, 0) is 5.41 Å². The Morgan fingerprint density at radius 2 is 1.77 bits per heavy atom. The maximum absolute atomic E-state index is 12.5. The summed E-state index contributed by atoms with van der Waals surface area (Å²) in [6.45, 7) is 8.16. The number of anilines is 2. The van der Waals surface area contributed by atoms with Crippen LogP contribution < -0.4 is 10.6 Å². The molecule has 26 heavy (non-hydrogen) atoms. The first-order valence-electron chi connectivity index (χ1n) is 8.89. The van der Waals surface area contributed by atoms with E-state index in [-0.39, 0.29) is 11.3 Å². The Balaban J connectivity index is 1.99. The molecule has 0 saturated heterocycles. The topological polar surface area (TPSA) is 70.2 Å². The summed E-state index contributed by atoms with van der Waals surface area (Å²) in [5, 5.41) is 6.14. The van der Waals surface area contributed by atoms with Crippen molar-refractivity contribution in [2.75, 3.05) is 37.8 Å². The fourth-order valence-electron chi connectivity index (χ4n) is 2.57. The third-order valence-corrected chi connectivity index (χ3v) is 3.96. The highest BCUT2D eigenvalue weighted by molar-refractivity contribution is 6.04. The summed E-state index contributed by atoms with van der Waals surface area (Å²) < 4.78 is 0. The Bertz CT molecular complexity index is 720. The summed E-state index contributed by atoms with van der Waals surface area (Å²) in [5.74, 6) is 0.330. The van der Waals surface area contributed by atoms with E-state index in [2.05, 4.69) is 46.3 Å². The van der Waals surface area contributed by atoms with E-state index in [0.717, 1.165) is 30.8 Å². The lowest BCUT2D eigenvalue weighted by molar-refractivity contribution is 0.102. The van der Waals surface area contributed by atoms with Crippen LogP contribution in [0, 0.1) is 0 Å². The molecule has 1 aromatic carbocycles. The Labute approximate surface area is 156 Å². The first kappa shape index (κ1) is 19.8. The predicted molar refractivity (Wildman–Crippen MR) is 107 cm³/mol. The molecule has 0 radical (unpaired) electrons. The van der Waals surface area contributed by atoms with E-state index >= 15 is 0 Å². The average Bonchev–Trinajstić information content (AvgIpc) is 2.58. The standard InChI is InChI=1S/C20H29N5O/c1-20(2,3)16-9-6-7-10-17(16)24-18(26)15-13-22-19(23-14-15)21-11-8-12-25(4)5/h6-7,9-10,13-14H,8,11-12H2,1-5H3,(H,24,26)(H,21,22,23). The van der Waals surface area contributed by atoms with Crippen LogP contribution in [0.25, 0.3) is 0 Å². The molecule has 140 valence electrons. The molecule has 2 N–H and O–H groups in total. The van der Waals surface area contributed by atoms with Gasteiger partial charge in [0.15, 0.2) is 0 Å². The van der Waals surface area contributed by atoms with Crippen molar-refractivity contribution < 1.29 is 4.79 Å². The van der Waals surface area contributed by atoms with Gasteiger partial charge in [-0.15, -0.1) is 0 Å². The van der Waals surface area contributed by atoms with Crippen LogP contribution in [0.5, 0.6) is 0 Å². The number of nitrogens with one attached hydrogen (secondary N) is 2.